The lowest BCUT2D eigenvalue weighted by atomic mass is 10.0. The van der Waals surface area contributed by atoms with Crippen molar-refractivity contribution in [1.82, 2.24) is 10.6 Å². The fraction of sp³-hybridized carbons (Fsp3) is 0.588. The van der Waals surface area contributed by atoms with Crippen LogP contribution in [0.25, 0.3) is 0 Å². The molecule has 0 saturated carbocycles. The van der Waals surface area contributed by atoms with Crippen LogP contribution >= 0.6 is 0 Å². The molecule has 1 fully saturated rings. The van der Waals surface area contributed by atoms with Crippen LogP contribution < -0.4 is 10.6 Å². The summed E-state index contributed by atoms with van der Waals surface area (Å²) >= 11 is 0. The highest BCUT2D eigenvalue weighted by atomic mass is 19.1. The van der Waals surface area contributed by atoms with Crippen molar-refractivity contribution in [2.45, 2.75) is 38.7 Å². The van der Waals surface area contributed by atoms with Crippen molar-refractivity contribution in [2.24, 2.45) is 4.99 Å². The number of ether oxygens (including phenoxy) is 1. The van der Waals surface area contributed by atoms with Crippen LogP contribution in [0.5, 0.6) is 0 Å². The molecule has 1 aromatic carbocycles. The van der Waals surface area contributed by atoms with E-state index in [2.05, 4.69) is 22.5 Å². The number of benzene rings is 1. The summed E-state index contributed by atoms with van der Waals surface area (Å²) in [7, 11) is 0. The van der Waals surface area contributed by atoms with Crippen molar-refractivity contribution in [3.63, 3.8) is 0 Å². The van der Waals surface area contributed by atoms with E-state index in [4.69, 9.17) is 4.74 Å². The molecular weight excluding hydrogens is 281 g/mol. The van der Waals surface area contributed by atoms with Gasteiger partial charge in [-0.25, -0.2) is 4.39 Å². The fourth-order valence-corrected chi connectivity index (χ4v) is 2.57. The van der Waals surface area contributed by atoms with Crippen LogP contribution in [0.2, 0.25) is 0 Å². The van der Waals surface area contributed by atoms with Gasteiger partial charge in [0.2, 0.25) is 0 Å². The number of hydrogen-bond donors (Lipinski definition) is 2. The van der Waals surface area contributed by atoms with Crippen LogP contribution in [0.15, 0.2) is 29.3 Å². The van der Waals surface area contributed by atoms with E-state index in [1.54, 1.807) is 12.1 Å². The zero-order valence-electron chi connectivity index (χ0n) is 13.5. The van der Waals surface area contributed by atoms with Crippen LogP contribution in [0.4, 0.5) is 4.39 Å². The second kappa shape index (κ2) is 8.13. The van der Waals surface area contributed by atoms with E-state index < -0.39 is 0 Å². The molecule has 0 spiro atoms. The first-order chi connectivity index (χ1) is 10.6. The number of rotatable bonds is 6. The van der Waals surface area contributed by atoms with Crippen LogP contribution in [0, 0.1) is 5.82 Å². The van der Waals surface area contributed by atoms with Crippen molar-refractivity contribution >= 4 is 5.96 Å². The first-order valence-corrected chi connectivity index (χ1v) is 8.02. The first kappa shape index (κ1) is 16.7. The first-order valence-electron chi connectivity index (χ1n) is 8.02. The highest BCUT2D eigenvalue weighted by Gasteiger charge is 2.29. The molecule has 1 unspecified atom stereocenters. The molecule has 5 heteroatoms. The average molecular weight is 307 g/mol. The zero-order chi connectivity index (χ0) is 15.8. The third-order valence-corrected chi connectivity index (χ3v) is 3.81. The third kappa shape index (κ3) is 5.30. The maximum absolute atomic E-state index is 13.1. The molecule has 0 aliphatic carbocycles. The summed E-state index contributed by atoms with van der Waals surface area (Å²) in [6, 6.07) is 6.70. The van der Waals surface area contributed by atoms with Gasteiger partial charge < -0.3 is 15.4 Å². The molecule has 0 bridgehead atoms. The second-order valence-electron chi connectivity index (χ2n) is 5.90. The molecular formula is C17H26FN3O. The average Bonchev–Trinajstić information content (AvgIpc) is 2.92. The van der Waals surface area contributed by atoms with Gasteiger partial charge in [-0.1, -0.05) is 12.1 Å². The summed E-state index contributed by atoms with van der Waals surface area (Å²) in [6.07, 6.45) is 2.92. The highest BCUT2D eigenvalue weighted by molar-refractivity contribution is 5.79. The lowest BCUT2D eigenvalue weighted by molar-refractivity contribution is 0.0283. The minimum atomic E-state index is -0.190. The molecule has 1 atom stereocenters. The lowest BCUT2D eigenvalue weighted by Crippen LogP contribution is -2.40. The van der Waals surface area contributed by atoms with Crippen LogP contribution in [-0.2, 0) is 11.2 Å². The molecule has 1 aromatic rings. The normalized spacial score (nSPS) is 21.9. The fourth-order valence-electron chi connectivity index (χ4n) is 2.57. The molecule has 122 valence electrons. The molecule has 1 saturated heterocycles. The summed E-state index contributed by atoms with van der Waals surface area (Å²) in [6.45, 7) is 7.16. The van der Waals surface area contributed by atoms with Crippen molar-refractivity contribution < 1.29 is 9.13 Å². The molecule has 1 aliphatic rings. The van der Waals surface area contributed by atoms with E-state index in [1.165, 1.54) is 6.07 Å². The molecule has 0 amide bonds. The second-order valence-corrected chi connectivity index (χ2v) is 5.90. The molecule has 1 aliphatic heterocycles. The summed E-state index contributed by atoms with van der Waals surface area (Å²) in [5.74, 6) is 0.597. The number of hydrogen-bond acceptors (Lipinski definition) is 2. The van der Waals surface area contributed by atoms with Gasteiger partial charge in [0, 0.05) is 19.7 Å². The van der Waals surface area contributed by atoms with Gasteiger partial charge in [0.1, 0.15) is 5.82 Å². The van der Waals surface area contributed by atoms with Crippen molar-refractivity contribution in [2.75, 3.05) is 26.2 Å². The predicted molar refractivity (Wildman–Crippen MR) is 87.7 cm³/mol. The lowest BCUT2D eigenvalue weighted by Gasteiger charge is -2.21. The van der Waals surface area contributed by atoms with Crippen LogP contribution in [0.1, 0.15) is 32.3 Å². The zero-order valence-corrected chi connectivity index (χ0v) is 13.5. The van der Waals surface area contributed by atoms with E-state index in [9.17, 15) is 4.39 Å². The number of guanidine groups is 1. The topological polar surface area (TPSA) is 45.7 Å². The van der Waals surface area contributed by atoms with Gasteiger partial charge in [-0.05, 0) is 50.8 Å². The molecule has 0 aromatic heterocycles. The Balaban J connectivity index is 1.83. The van der Waals surface area contributed by atoms with Crippen molar-refractivity contribution in [3.05, 3.63) is 35.6 Å². The van der Waals surface area contributed by atoms with Gasteiger partial charge in [-0.15, -0.1) is 0 Å². The molecule has 1 heterocycles. The van der Waals surface area contributed by atoms with Crippen molar-refractivity contribution in [3.8, 4) is 0 Å². The van der Waals surface area contributed by atoms with Gasteiger partial charge in [-0.3, -0.25) is 4.99 Å². The smallest absolute Gasteiger partial charge is 0.191 e. The standard InChI is InChI=1S/C17H26FN3O/c1-3-19-16(21-13-17(2)9-5-11-22-17)20-10-8-14-6-4-7-15(18)12-14/h4,6-7,12H,3,5,8-11,13H2,1-2H3,(H2,19,20,21). The largest absolute Gasteiger partial charge is 0.373 e. The van der Waals surface area contributed by atoms with Gasteiger partial charge in [0.05, 0.1) is 12.1 Å². The molecule has 2 rings (SSSR count). The van der Waals surface area contributed by atoms with Gasteiger partial charge in [0.15, 0.2) is 5.96 Å². The summed E-state index contributed by atoms with van der Waals surface area (Å²) in [5.41, 5.74) is 0.847. The Kier molecular flexibility index (Phi) is 6.19. The Bertz CT molecular complexity index is 498. The minimum absolute atomic E-state index is 0.134. The van der Waals surface area contributed by atoms with Crippen LogP contribution in [-0.4, -0.2) is 37.8 Å². The minimum Gasteiger partial charge on any atom is -0.373 e. The summed E-state index contributed by atoms with van der Waals surface area (Å²) < 4.78 is 18.9. The van der Waals surface area contributed by atoms with E-state index >= 15 is 0 Å². The molecule has 4 nitrogen and oxygen atoms in total. The Labute approximate surface area is 132 Å². The van der Waals surface area contributed by atoms with Gasteiger partial charge in [-0.2, -0.15) is 0 Å². The molecule has 2 N–H and O–H groups in total. The number of nitrogens with one attached hydrogen (secondary N) is 2. The Morgan fingerprint density at radius 2 is 2.27 bits per heavy atom. The summed E-state index contributed by atoms with van der Waals surface area (Å²) in [5, 5.41) is 6.52. The highest BCUT2D eigenvalue weighted by Crippen LogP contribution is 2.24. The van der Waals surface area contributed by atoms with E-state index in [1.807, 2.05) is 13.0 Å². The monoisotopic (exact) mass is 307 g/mol. The Hall–Kier alpha value is -1.62. The maximum atomic E-state index is 13.1. The quantitative estimate of drug-likeness (QED) is 0.627. The van der Waals surface area contributed by atoms with E-state index in [0.29, 0.717) is 13.1 Å². The van der Waals surface area contributed by atoms with Crippen LogP contribution in [0.3, 0.4) is 0 Å². The SMILES string of the molecule is CCNC(=NCC1(C)CCCO1)NCCc1cccc(F)c1. The van der Waals surface area contributed by atoms with E-state index in [0.717, 1.165) is 43.9 Å². The van der Waals surface area contributed by atoms with E-state index in [-0.39, 0.29) is 11.4 Å². The number of aliphatic imine (C=N–C) groups is 1. The maximum Gasteiger partial charge on any atom is 0.191 e. The third-order valence-electron chi connectivity index (χ3n) is 3.81. The van der Waals surface area contributed by atoms with Crippen molar-refractivity contribution in [1.29, 1.82) is 0 Å². The molecule has 0 radical (unpaired) electrons. The Morgan fingerprint density at radius 3 is 2.95 bits per heavy atom. The molecule has 22 heavy (non-hydrogen) atoms. The summed E-state index contributed by atoms with van der Waals surface area (Å²) in [4.78, 5) is 4.61. The predicted octanol–water partition coefficient (Wildman–Crippen LogP) is 2.49. The number of nitrogens with zero attached hydrogens (tertiary/aromatic N) is 1. The van der Waals surface area contributed by atoms with Gasteiger partial charge >= 0.3 is 0 Å². The van der Waals surface area contributed by atoms with Gasteiger partial charge in [0.25, 0.3) is 0 Å². The Morgan fingerprint density at radius 1 is 1.41 bits per heavy atom. The number of halogens is 1.